The monoisotopic (exact) mass is 356 g/mol. The summed E-state index contributed by atoms with van der Waals surface area (Å²) < 4.78 is 3.40. The third-order valence-electron chi connectivity index (χ3n) is 2.42. The van der Waals surface area contributed by atoms with Gasteiger partial charge in [0, 0.05) is 27.3 Å². The lowest BCUT2D eigenvalue weighted by molar-refractivity contribution is 0.102. The Balaban J connectivity index is 2.44. The van der Waals surface area contributed by atoms with Gasteiger partial charge in [0.2, 0.25) is 5.78 Å². The molecule has 0 saturated carbocycles. The average Bonchev–Trinajstić information content (AvgIpc) is 2.76. The minimum absolute atomic E-state index is 0.0243. The van der Waals surface area contributed by atoms with Gasteiger partial charge in [-0.15, -0.1) is 0 Å². The molecule has 5 heteroatoms. The summed E-state index contributed by atoms with van der Waals surface area (Å²) in [5.41, 5.74) is 1.25. The first kappa shape index (κ1) is 12.5. The van der Waals surface area contributed by atoms with Crippen molar-refractivity contribution in [3.8, 4) is 0 Å². The van der Waals surface area contributed by atoms with Gasteiger partial charge < -0.3 is 0 Å². The summed E-state index contributed by atoms with van der Waals surface area (Å²) in [6.07, 6.45) is 1.64. The number of rotatable bonds is 3. The highest BCUT2D eigenvalue weighted by atomic mass is 79.9. The molecule has 0 unspecified atom stereocenters. The van der Waals surface area contributed by atoms with E-state index in [1.807, 2.05) is 19.1 Å². The van der Waals surface area contributed by atoms with Gasteiger partial charge in [-0.05, 0) is 47.1 Å². The lowest BCUT2D eigenvalue weighted by Gasteiger charge is -2.06. The second-order valence-corrected chi connectivity index (χ2v) is 5.26. The molecule has 0 aliphatic carbocycles. The Bertz CT molecular complexity index is 563. The number of aryl methyl sites for hydroxylation is 1. The average molecular weight is 358 g/mol. The maximum Gasteiger partial charge on any atom is 0.212 e. The molecule has 3 nitrogen and oxygen atoms in total. The summed E-state index contributed by atoms with van der Waals surface area (Å²) in [6.45, 7) is 2.64. The Labute approximate surface area is 116 Å². The third kappa shape index (κ3) is 2.50. The summed E-state index contributed by atoms with van der Waals surface area (Å²) >= 11 is 6.76. The van der Waals surface area contributed by atoms with Crippen LogP contribution in [0.4, 0.5) is 0 Å². The SMILES string of the molecule is CCn1nccc1C(=O)c1ccc(Br)cc1Br. The van der Waals surface area contributed by atoms with Crippen molar-refractivity contribution in [3.63, 3.8) is 0 Å². The zero-order valence-electron chi connectivity index (χ0n) is 9.15. The van der Waals surface area contributed by atoms with E-state index in [-0.39, 0.29) is 5.78 Å². The van der Waals surface area contributed by atoms with E-state index >= 15 is 0 Å². The molecule has 2 rings (SSSR count). The van der Waals surface area contributed by atoms with Crippen molar-refractivity contribution < 1.29 is 4.79 Å². The van der Waals surface area contributed by atoms with Gasteiger partial charge in [-0.25, -0.2) is 0 Å². The second-order valence-electron chi connectivity index (χ2n) is 3.49. The van der Waals surface area contributed by atoms with E-state index in [0.717, 1.165) is 8.95 Å². The molecule has 0 N–H and O–H groups in total. The van der Waals surface area contributed by atoms with Crippen molar-refractivity contribution in [2.24, 2.45) is 0 Å². The Morgan fingerprint density at radius 3 is 2.76 bits per heavy atom. The topological polar surface area (TPSA) is 34.9 Å². The number of hydrogen-bond donors (Lipinski definition) is 0. The van der Waals surface area contributed by atoms with Crippen LogP contribution in [0.15, 0.2) is 39.4 Å². The molecule has 2 aromatic rings. The van der Waals surface area contributed by atoms with E-state index in [2.05, 4.69) is 37.0 Å². The minimum atomic E-state index is -0.0243. The number of aromatic nitrogens is 2. The normalized spacial score (nSPS) is 10.5. The summed E-state index contributed by atoms with van der Waals surface area (Å²) in [5, 5.41) is 4.10. The molecule has 1 aromatic carbocycles. The van der Waals surface area contributed by atoms with E-state index in [0.29, 0.717) is 17.8 Å². The van der Waals surface area contributed by atoms with Crippen molar-refractivity contribution in [3.05, 3.63) is 50.7 Å². The number of halogens is 2. The van der Waals surface area contributed by atoms with Crippen LogP contribution in [-0.4, -0.2) is 15.6 Å². The maximum absolute atomic E-state index is 12.3. The largest absolute Gasteiger partial charge is 0.287 e. The van der Waals surface area contributed by atoms with Gasteiger partial charge in [-0.1, -0.05) is 15.9 Å². The molecule has 88 valence electrons. The van der Waals surface area contributed by atoms with E-state index in [4.69, 9.17) is 0 Å². The molecule has 0 spiro atoms. The van der Waals surface area contributed by atoms with Crippen LogP contribution in [0.5, 0.6) is 0 Å². The fraction of sp³-hybridized carbons (Fsp3) is 0.167. The van der Waals surface area contributed by atoms with Gasteiger partial charge in [0.25, 0.3) is 0 Å². The number of carbonyl (C=O) groups is 1. The van der Waals surface area contributed by atoms with Crippen LogP contribution in [0.25, 0.3) is 0 Å². The van der Waals surface area contributed by atoms with E-state index in [9.17, 15) is 4.79 Å². The van der Waals surface area contributed by atoms with Gasteiger partial charge in [0.15, 0.2) is 0 Å². The first-order valence-electron chi connectivity index (χ1n) is 5.15. The van der Waals surface area contributed by atoms with Crippen LogP contribution in [0.1, 0.15) is 23.0 Å². The summed E-state index contributed by atoms with van der Waals surface area (Å²) in [4.78, 5) is 12.3. The molecule has 0 fully saturated rings. The number of carbonyl (C=O) groups excluding carboxylic acids is 1. The fourth-order valence-electron chi connectivity index (χ4n) is 1.59. The van der Waals surface area contributed by atoms with Crippen molar-refractivity contribution in [1.82, 2.24) is 9.78 Å². The van der Waals surface area contributed by atoms with Crippen LogP contribution >= 0.6 is 31.9 Å². The lowest BCUT2D eigenvalue weighted by atomic mass is 10.1. The molecule has 0 amide bonds. The van der Waals surface area contributed by atoms with E-state index in [1.54, 1.807) is 23.0 Å². The Kier molecular flexibility index (Phi) is 3.79. The van der Waals surface area contributed by atoms with Crippen LogP contribution in [0.2, 0.25) is 0 Å². The molecule has 0 bridgehead atoms. The number of nitrogens with zero attached hydrogens (tertiary/aromatic N) is 2. The Morgan fingerprint density at radius 1 is 1.35 bits per heavy atom. The van der Waals surface area contributed by atoms with Crippen LogP contribution in [0.3, 0.4) is 0 Å². The highest BCUT2D eigenvalue weighted by Gasteiger charge is 2.16. The first-order valence-corrected chi connectivity index (χ1v) is 6.73. The molecular weight excluding hydrogens is 348 g/mol. The summed E-state index contributed by atoms with van der Waals surface area (Å²) in [5.74, 6) is -0.0243. The van der Waals surface area contributed by atoms with Crippen molar-refractivity contribution in [2.45, 2.75) is 13.5 Å². The Hall–Kier alpha value is -0.940. The minimum Gasteiger partial charge on any atom is -0.287 e. The first-order chi connectivity index (χ1) is 8.13. The molecule has 0 radical (unpaired) electrons. The van der Waals surface area contributed by atoms with Gasteiger partial charge in [-0.2, -0.15) is 5.10 Å². The van der Waals surface area contributed by atoms with E-state index in [1.165, 1.54) is 0 Å². The van der Waals surface area contributed by atoms with Gasteiger partial charge >= 0.3 is 0 Å². The van der Waals surface area contributed by atoms with Crippen LogP contribution < -0.4 is 0 Å². The zero-order chi connectivity index (χ0) is 12.4. The standard InChI is InChI=1S/C12H10Br2N2O/c1-2-16-11(5-6-15-16)12(17)9-4-3-8(13)7-10(9)14/h3-7H,2H2,1H3. The fourth-order valence-corrected chi connectivity index (χ4v) is 2.82. The molecule has 0 aliphatic heterocycles. The smallest absolute Gasteiger partial charge is 0.212 e. The number of benzene rings is 1. The van der Waals surface area contributed by atoms with Crippen molar-refractivity contribution >= 4 is 37.6 Å². The molecule has 1 aromatic heterocycles. The lowest BCUT2D eigenvalue weighted by Crippen LogP contribution is -2.11. The number of ketones is 1. The van der Waals surface area contributed by atoms with Crippen LogP contribution in [0, 0.1) is 0 Å². The molecule has 17 heavy (non-hydrogen) atoms. The second kappa shape index (κ2) is 5.14. The molecule has 0 saturated heterocycles. The third-order valence-corrected chi connectivity index (χ3v) is 3.57. The number of hydrogen-bond acceptors (Lipinski definition) is 2. The highest BCUT2D eigenvalue weighted by Crippen LogP contribution is 2.24. The molecule has 1 heterocycles. The molecular formula is C12H10Br2N2O. The zero-order valence-corrected chi connectivity index (χ0v) is 12.3. The van der Waals surface area contributed by atoms with Gasteiger partial charge in [0.1, 0.15) is 5.69 Å². The Morgan fingerprint density at radius 2 is 2.12 bits per heavy atom. The molecule has 0 aliphatic rings. The summed E-state index contributed by atoms with van der Waals surface area (Å²) in [6, 6.07) is 7.24. The van der Waals surface area contributed by atoms with Crippen LogP contribution in [-0.2, 0) is 6.54 Å². The van der Waals surface area contributed by atoms with Crippen molar-refractivity contribution in [2.75, 3.05) is 0 Å². The van der Waals surface area contributed by atoms with E-state index < -0.39 is 0 Å². The van der Waals surface area contributed by atoms with Crippen molar-refractivity contribution in [1.29, 1.82) is 0 Å². The summed E-state index contributed by atoms with van der Waals surface area (Å²) in [7, 11) is 0. The molecule has 0 atom stereocenters. The predicted molar refractivity (Wildman–Crippen MR) is 73.2 cm³/mol. The highest BCUT2D eigenvalue weighted by molar-refractivity contribution is 9.11. The van der Waals surface area contributed by atoms with Gasteiger partial charge in [-0.3, -0.25) is 9.48 Å². The predicted octanol–water partition coefficient (Wildman–Crippen LogP) is 3.66. The quantitative estimate of drug-likeness (QED) is 0.785. The van der Waals surface area contributed by atoms with Gasteiger partial charge in [0.05, 0.1) is 0 Å². The maximum atomic E-state index is 12.3.